The lowest BCUT2D eigenvalue weighted by atomic mass is 9.90. The highest BCUT2D eigenvalue weighted by Crippen LogP contribution is 2.39. The molecule has 3 rings (SSSR count). The molecule has 0 bridgehead atoms. The van der Waals surface area contributed by atoms with Crippen LogP contribution in [0, 0.1) is 5.82 Å². The summed E-state index contributed by atoms with van der Waals surface area (Å²) in [5.74, 6) is -0.495. The van der Waals surface area contributed by atoms with Gasteiger partial charge in [0.1, 0.15) is 5.82 Å². The van der Waals surface area contributed by atoms with Gasteiger partial charge in [-0.3, -0.25) is 0 Å². The van der Waals surface area contributed by atoms with E-state index < -0.39 is 29.5 Å². The highest BCUT2D eigenvalue weighted by atomic mass is 19.4. The van der Waals surface area contributed by atoms with Crippen LogP contribution in [0.1, 0.15) is 54.0 Å². The summed E-state index contributed by atoms with van der Waals surface area (Å²) in [6, 6.07) is 6.70. The molecule has 4 atom stereocenters. The maximum Gasteiger partial charge on any atom is 0.416 e. The minimum absolute atomic E-state index is 0.0439. The summed E-state index contributed by atoms with van der Waals surface area (Å²) in [6.45, 7) is 1.55. The molecule has 3 unspecified atom stereocenters. The van der Waals surface area contributed by atoms with Gasteiger partial charge in [0.2, 0.25) is 0 Å². The predicted octanol–water partition coefficient (Wildman–Crippen LogP) is 6.05. The first-order valence-corrected chi connectivity index (χ1v) is 9.88. The number of likely N-dealkylation sites (N-methyl/N-ethyl adjacent to an activating group) is 1. The van der Waals surface area contributed by atoms with Gasteiger partial charge >= 0.3 is 12.4 Å². The van der Waals surface area contributed by atoms with Crippen LogP contribution in [0.15, 0.2) is 42.5 Å². The van der Waals surface area contributed by atoms with E-state index in [2.05, 4.69) is 10.6 Å². The Bertz CT molecular complexity index is 858. The molecule has 2 N–H and O–H groups in total. The molecule has 170 valence electrons. The zero-order valence-corrected chi connectivity index (χ0v) is 16.9. The molecule has 0 saturated heterocycles. The zero-order chi connectivity index (χ0) is 23.0. The van der Waals surface area contributed by atoms with E-state index in [0.717, 1.165) is 24.1 Å². The van der Waals surface area contributed by atoms with Crippen molar-refractivity contribution in [3.05, 3.63) is 70.5 Å². The van der Waals surface area contributed by atoms with Crippen molar-refractivity contribution in [2.24, 2.45) is 0 Å². The first-order chi connectivity index (χ1) is 14.4. The summed E-state index contributed by atoms with van der Waals surface area (Å²) in [5.41, 5.74) is -1.91. The van der Waals surface area contributed by atoms with Gasteiger partial charge in [-0.25, -0.2) is 4.39 Å². The number of rotatable bonds is 5. The normalized spacial score (nSPS) is 23.2. The lowest BCUT2D eigenvalue weighted by Gasteiger charge is -2.29. The Morgan fingerprint density at radius 1 is 0.839 bits per heavy atom. The van der Waals surface area contributed by atoms with Crippen molar-refractivity contribution in [3.8, 4) is 0 Å². The zero-order valence-electron chi connectivity index (χ0n) is 16.9. The first-order valence-electron chi connectivity index (χ1n) is 9.88. The van der Waals surface area contributed by atoms with E-state index in [4.69, 9.17) is 0 Å². The summed E-state index contributed by atoms with van der Waals surface area (Å²) in [5, 5.41) is 6.41. The summed E-state index contributed by atoms with van der Waals surface area (Å²) in [4.78, 5) is 0. The molecule has 0 aliphatic heterocycles. The molecule has 31 heavy (non-hydrogen) atoms. The standard InChI is InChI=1S/C22H23F7N2/c1-12(14-9-15(21(24,25)26)11-16(10-14)22(27,28)29)31-19-8-7-18(30-2)20(19)13-3-5-17(23)6-4-13/h3-6,9-12,18-20,30-31H,7-8H2,1-2H3/t12-,18?,19?,20?/m0/s1. The number of alkyl halides is 6. The maximum absolute atomic E-state index is 13.3. The molecule has 0 spiro atoms. The average molecular weight is 448 g/mol. The second kappa shape index (κ2) is 8.78. The Balaban J connectivity index is 1.90. The number of hydrogen-bond acceptors (Lipinski definition) is 2. The van der Waals surface area contributed by atoms with E-state index in [1.807, 2.05) is 0 Å². The van der Waals surface area contributed by atoms with Crippen LogP contribution in [0.25, 0.3) is 0 Å². The summed E-state index contributed by atoms with van der Waals surface area (Å²) in [6.07, 6.45) is -8.35. The molecule has 0 radical (unpaired) electrons. The van der Waals surface area contributed by atoms with Crippen molar-refractivity contribution in [1.29, 1.82) is 0 Å². The maximum atomic E-state index is 13.3. The van der Waals surface area contributed by atoms with Crippen LogP contribution in [0.4, 0.5) is 30.7 Å². The lowest BCUT2D eigenvalue weighted by molar-refractivity contribution is -0.143. The third-order valence-electron chi connectivity index (χ3n) is 5.86. The average Bonchev–Trinajstić information content (AvgIpc) is 3.09. The Morgan fingerprint density at radius 3 is 1.84 bits per heavy atom. The molecule has 0 amide bonds. The first kappa shape index (κ1) is 23.5. The number of halogens is 7. The molecule has 1 aliphatic carbocycles. The van der Waals surface area contributed by atoms with E-state index in [0.29, 0.717) is 6.42 Å². The van der Waals surface area contributed by atoms with E-state index in [1.54, 1.807) is 26.1 Å². The van der Waals surface area contributed by atoms with Gasteiger partial charge in [-0.1, -0.05) is 12.1 Å². The van der Waals surface area contributed by atoms with Crippen LogP contribution in [0.2, 0.25) is 0 Å². The van der Waals surface area contributed by atoms with Crippen LogP contribution in [-0.2, 0) is 12.4 Å². The molecule has 0 aromatic heterocycles. The Morgan fingerprint density at radius 2 is 1.35 bits per heavy atom. The van der Waals surface area contributed by atoms with Crippen molar-refractivity contribution in [3.63, 3.8) is 0 Å². The second-order valence-corrected chi connectivity index (χ2v) is 7.88. The van der Waals surface area contributed by atoms with E-state index >= 15 is 0 Å². The van der Waals surface area contributed by atoms with E-state index in [-0.39, 0.29) is 35.4 Å². The minimum atomic E-state index is -4.89. The molecular weight excluding hydrogens is 425 g/mol. The molecule has 2 aromatic rings. The summed E-state index contributed by atoms with van der Waals surface area (Å²) < 4.78 is 92.5. The van der Waals surface area contributed by atoms with Crippen molar-refractivity contribution < 1.29 is 30.7 Å². The fourth-order valence-corrected chi connectivity index (χ4v) is 4.31. The summed E-state index contributed by atoms with van der Waals surface area (Å²) >= 11 is 0. The highest BCUT2D eigenvalue weighted by molar-refractivity contribution is 5.35. The fourth-order valence-electron chi connectivity index (χ4n) is 4.31. The van der Waals surface area contributed by atoms with Gasteiger partial charge in [0.15, 0.2) is 0 Å². The fraction of sp³-hybridized carbons (Fsp3) is 0.455. The smallest absolute Gasteiger partial charge is 0.316 e. The quantitative estimate of drug-likeness (QED) is 0.545. The largest absolute Gasteiger partial charge is 0.416 e. The van der Waals surface area contributed by atoms with Crippen molar-refractivity contribution in [2.75, 3.05) is 7.05 Å². The van der Waals surface area contributed by atoms with Gasteiger partial charge in [0.05, 0.1) is 11.1 Å². The van der Waals surface area contributed by atoms with Gasteiger partial charge < -0.3 is 10.6 Å². The minimum Gasteiger partial charge on any atom is -0.316 e. The van der Waals surface area contributed by atoms with Gasteiger partial charge in [-0.2, -0.15) is 26.3 Å². The third-order valence-corrected chi connectivity index (χ3v) is 5.86. The van der Waals surface area contributed by atoms with Gasteiger partial charge in [0, 0.05) is 24.0 Å². The lowest BCUT2D eigenvalue weighted by Crippen LogP contribution is -2.39. The number of benzene rings is 2. The predicted molar refractivity (Wildman–Crippen MR) is 103 cm³/mol. The Hall–Kier alpha value is -2.13. The molecule has 9 heteroatoms. The van der Waals surface area contributed by atoms with E-state index in [1.165, 1.54) is 12.1 Å². The van der Waals surface area contributed by atoms with Crippen LogP contribution in [0.3, 0.4) is 0 Å². The highest BCUT2D eigenvalue weighted by Gasteiger charge is 2.39. The SMILES string of the molecule is CNC1CCC(N[C@@H](C)c2cc(C(F)(F)F)cc(C(F)(F)F)c2)C1c1ccc(F)cc1. The number of hydrogen-bond donors (Lipinski definition) is 2. The summed E-state index contributed by atoms with van der Waals surface area (Å²) in [7, 11) is 1.79. The third kappa shape index (κ3) is 5.38. The van der Waals surface area contributed by atoms with Gasteiger partial charge in [0.25, 0.3) is 0 Å². The Kier molecular flexibility index (Phi) is 6.67. The monoisotopic (exact) mass is 448 g/mol. The molecule has 0 heterocycles. The van der Waals surface area contributed by atoms with Crippen LogP contribution < -0.4 is 10.6 Å². The van der Waals surface area contributed by atoms with Crippen LogP contribution in [0.5, 0.6) is 0 Å². The molecule has 1 aliphatic rings. The van der Waals surface area contributed by atoms with Crippen molar-refractivity contribution >= 4 is 0 Å². The van der Waals surface area contributed by atoms with Crippen LogP contribution >= 0.6 is 0 Å². The van der Waals surface area contributed by atoms with Gasteiger partial charge in [-0.15, -0.1) is 0 Å². The van der Waals surface area contributed by atoms with E-state index in [9.17, 15) is 30.7 Å². The molecular formula is C22H23F7N2. The van der Waals surface area contributed by atoms with Crippen molar-refractivity contribution in [1.82, 2.24) is 10.6 Å². The molecule has 2 aromatic carbocycles. The molecule has 2 nitrogen and oxygen atoms in total. The molecule has 1 saturated carbocycles. The molecule has 1 fully saturated rings. The van der Waals surface area contributed by atoms with Gasteiger partial charge in [-0.05, 0) is 68.3 Å². The number of nitrogens with one attached hydrogen (secondary N) is 2. The van der Waals surface area contributed by atoms with Crippen LogP contribution in [-0.4, -0.2) is 19.1 Å². The topological polar surface area (TPSA) is 24.1 Å². The van der Waals surface area contributed by atoms with Crippen molar-refractivity contribution in [2.45, 2.75) is 56.2 Å². The second-order valence-electron chi connectivity index (χ2n) is 7.88. The Labute approximate surface area is 175 Å².